The van der Waals surface area contributed by atoms with Gasteiger partial charge in [0.1, 0.15) is 25.5 Å². The van der Waals surface area contributed by atoms with Crippen molar-refractivity contribution < 1.29 is 46.8 Å². The van der Waals surface area contributed by atoms with E-state index in [2.05, 4.69) is 5.32 Å². The molecule has 0 radical (unpaired) electrons. The minimum atomic E-state index is -3.66. The highest BCUT2D eigenvalue weighted by Crippen LogP contribution is 2.40. The van der Waals surface area contributed by atoms with Gasteiger partial charge in [-0.15, -0.1) is 0 Å². The van der Waals surface area contributed by atoms with Crippen molar-refractivity contribution in [3.05, 3.63) is 71.8 Å². The van der Waals surface area contributed by atoms with E-state index >= 15 is 8.78 Å². The summed E-state index contributed by atoms with van der Waals surface area (Å²) in [6.45, 7) is 4.99. The first kappa shape index (κ1) is 33.4. The first-order valence-electron chi connectivity index (χ1n) is 14.1. The molecular formula is C31H41F2NO8. The third-order valence-corrected chi connectivity index (χ3v) is 7.08. The fourth-order valence-corrected chi connectivity index (χ4v) is 4.95. The Labute approximate surface area is 245 Å². The van der Waals surface area contributed by atoms with E-state index in [9.17, 15) is 9.59 Å². The number of methoxy groups -OCH3 is 1. The van der Waals surface area contributed by atoms with Crippen molar-refractivity contribution in [1.82, 2.24) is 5.32 Å². The van der Waals surface area contributed by atoms with E-state index < -0.39 is 54.9 Å². The lowest BCUT2D eigenvalue weighted by Crippen LogP contribution is -2.62. The minimum absolute atomic E-state index is 0.0635. The summed E-state index contributed by atoms with van der Waals surface area (Å²) in [5, 5.41) is 2.25. The fraction of sp³-hybridized carbons (Fsp3) is 0.548. The van der Waals surface area contributed by atoms with E-state index in [0.717, 1.165) is 5.56 Å². The van der Waals surface area contributed by atoms with Crippen LogP contribution in [0.2, 0.25) is 0 Å². The van der Waals surface area contributed by atoms with E-state index in [-0.39, 0.29) is 32.5 Å². The highest BCUT2D eigenvalue weighted by atomic mass is 19.3. The molecule has 11 heteroatoms. The Balaban J connectivity index is 1.81. The summed E-state index contributed by atoms with van der Waals surface area (Å²) in [7, 11) is 1.39. The van der Waals surface area contributed by atoms with Crippen LogP contribution < -0.4 is 5.32 Å². The second-order valence-corrected chi connectivity index (χ2v) is 10.1. The number of hydrogen-bond donors (Lipinski definition) is 1. The lowest BCUT2D eigenvalue weighted by atomic mass is 9.83. The summed E-state index contributed by atoms with van der Waals surface area (Å²) in [5.74, 6) is -4.97. The highest BCUT2D eigenvalue weighted by molar-refractivity contribution is 5.81. The van der Waals surface area contributed by atoms with Gasteiger partial charge < -0.3 is 33.7 Å². The molecule has 0 saturated carbocycles. The molecule has 2 aromatic rings. The summed E-state index contributed by atoms with van der Waals surface area (Å²) < 4.78 is 65.6. The van der Waals surface area contributed by atoms with Crippen molar-refractivity contribution >= 4 is 12.1 Å². The number of alkyl carbamates (subject to hydrolysis) is 1. The number of benzene rings is 2. The van der Waals surface area contributed by atoms with Gasteiger partial charge in [-0.25, -0.2) is 18.4 Å². The topological polar surface area (TPSA) is 102 Å². The molecule has 0 spiro atoms. The zero-order chi connectivity index (χ0) is 30.5. The van der Waals surface area contributed by atoms with Gasteiger partial charge in [0, 0.05) is 19.4 Å². The number of carbonyl (C=O) groups is 2. The van der Waals surface area contributed by atoms with Crippen molar-refractivity contribution in [3.8, 4) is 0 Å². The van der Waals surface area contributed by atoms with E-state index in [1.165, 1.54) is 7.11 Å². The average Bonchev–Trinajstić information content (AvgIpc) is 2.99. The van der Waals surface area contributed by atoms with Gasteiger partial charge in [0.2, 0.25) is 0 Å². The van der Waals surface area contributed by atoms with Crippen LogP contribution in [0, 0.1) is 5.92 Å². The predicted molar refractivity (Wildman–Crippen MR) is 150 cm³/mol. The number of amides is 1. The van der Waals surface area contributed by atoms with E-state index in [1.807, 2.05) is 44.2 Å². The summed E-state index contributed by atoms with van der Waals surface area (Å²) in [5.41, 5.74) is 1.57. The molecule has 1 saturated heterocycles. The molecule has 1 heterocycles. The molecular weight excluding hydrogens is 552 g/mol. The van der Waals surface area contributed by atoms with E-state index in [0.29, 0.717) is 12.0 Å². The number of esters is 1. The van der Waals surface area contributed by atoms with Crippen LogP contribution in [0.4, 0.5) is 13.6 Å². The molecule has 2 aromatic carbocycles. The van der Waals surface area contributed by atoms with Gasteiger partial charge in [-0.1, -0.05) is 74.5 Å². The van der Waals surface area contributed by atoms with Crippen molar-refractivity contribution in [1.29, 1.82) is 0 Å². The molecule has 6 atom stereocenters. The van der Waals surface area contributed by atoms with Gasteiger partial charge in [0.05, 0.1) is 25.4 Å². The van der Waals surface area contributed by atoms with Gasteiger partial charge in [-0.3, -0.25) is 0 Å². The Morgan fingerprint density at radius 1 is 0.929 bits per heavy atom. The Morgan fingerprint density at radius 2 is 1.55 bits per heavy atom. The SMILES string of the molecule is CCOC(=O)[C@@H](CC(F)(F)[C@H]1O[C@H](CC)[C@H](C)[C@H](OCc2ccccc2)[C@H]1OCOC)NC(=O)OCc1ccccc1. The monoisotopic (exact) mass is 593 g/mol. The van der Waals surface area contributed by atoms with E-state index in [4.69, 9.17) is 28.4 Å². The standard InChI is InChI=1S/C31H41F2NO8/c1-5-25-21(3)26(39-18-22-13-9-7-10-14-22)27(41-20-37-4)28(42-25)31(32,33)17-24(29(35)38-6-2)34-30(36)40-19-23-15-11-8-12-16-23/h7-16,21,24-28H,5-6,17-20H2,1-4H3,(H,34,36)/t21-,24+,25+,26-,27+,28-/m0/s1. The molecule has 1 aliphatic heterocycles. The summed E-state index contributed by atoms with van der Waals surface area (Å²) in [6, 6.07) is 16.5. The minimum Gasteiger partial charge on any atom is -0.464 e. The Kier molecular flexibility index (Phi) is 13.1. The number of alkyl halides is 2. The maximum atomic E-state index is 16.2. The number of carbonyl (C=O) groups excluding carboxylic acids is 2. The normalized spacial score (nSPS) is 23.1. The first-order valence-corrected chi connectivity index (χ1v) is 14.1. The maximum Gasteiger partial charge on any atom is 0.408 e. The molecule has 3 rings (SSSR count). The van der Waals surface area contributed by atoms with Crippen LogP contribution in [0.15, 0.2) is 60.7 Å². The van der Waals surface area contributed by atoms with Crippen LogP contribution in [0.5, 0.6) is 0 Å². The zero-order valence-corrected chi connectivity index (χ0v) is 24.5. The quantitative estimate of drug-likeness (QED) is 0.221. The molecule has 9 nitrogen and oxygen atoms in total. The van der Waals surface area contributed by atoms with Gasteiger partial charge in [0.15, 0.2) is 6.10 Å². The Hall–Kier alpha value is -3.12. The number of halogens is 2. The predicted octanol–water partition coefficient (Wildman–Crippen LogP) is 5.26. The molecule has 0 aliphatic carbocycles. The molecule has 1 amide bonds. The van der Waals surface area contributed by atoms with Crippen LogP contribution in [-0.4, -0.2) is 69.0 Å². The first-order chi connectivity index (χ1) is 20.2. The summed E-state index contributed by atoms with van der Waals surface area (Å²) in [4.78, 5) is 25.3. The third kappa shape index (κ3) is 9.45. The second-order valence-electron chi connectivity index (χ2n) is 10.1. The molecule has 1 fully saturated rings. The number of hydrogen-bond acceptors (Lipinski definition) is 8. The average molecular weight is 594 g/mol. The van der Waals surface area contributed by atoms with Crippen LogP contribution >= 0.6 is 0 Å². The van der Waals surface area contributed by atoms with Crippen LogP contribution in [0.25, 0.3) is 0 Å². The van der Waals surface area contributed by atoms with Gasteiger partial charge in [0.25, 0.3) is 5.92 Å². The molecule has 42 heavy (non-hydrogen) atoms. The fourth-order valence-electron chi connectivity index (χ4n) is 4.95. The van der Waals surface area contributed by atoms with Gasteiger partial charge in [-0.05, 0) is 24.5 Å². The van der Waals surface area contributed by atoms with Crippen molar-refractivity contribution in [2.24, 2.45) is 5.92 Å². The van der Waals surface area contributed by atoms with Gasteiger partial charge >= 0.3 is 12.1 Å². The second kappa shape index (κ2) is 16.5. The van der Waals surface area contributed by atoms with Crippen LogP contribution in [0.1, 0.15) is 44.7 Å². The smallest absolute Gasteiger partial charge is 0.408 e. The summed E-state index contributed by atoms with van der Waals surface area (Å²) >= 11 is 0. The third-order valence-electron chi connectivity index (χ3n) is 7.08. The van der Waals surface area contributed by atoms with Gasteiger partial charge in [-0.2, -0.15) is 0 Å². The zero-order valence-electron chi connectivity index (χ0n) is 24.5. The summed E-state index contributed by atoms with van der Waals surface area (Å²) in [6.07, 6.45) is -6.10. The van der Waals surface area contributed by atoms with Crippen molar-refractivity contribution in [2.75, 3.05) is 20.5 Å². The van der Waals surface area contributed by atoms with Crippen molar-refractivity contribution in [3.63, 3.8) is 0 Å². The van der Waals surface area contributed by atoms with E-state index in [1.54, 1.807) is 37.3 Å². The number of ether oxygens (including phenoxy) is 6. The van der Waals surface area contributed by atoms with Crippen LogP contribution in [0.3, 0.4) is 0 Å². The Bertz CT molecular complexity index is 1090. The molecule has 232 valence electrons. The lowest BCUT2D eigenvalue weighted by Gasteiger charge is -2.47. The number of rotatable bonds is 15. The molecule has 1 N–H and O–H groups in total. The molecule has 0 aromatic heterocycles. The largest absolute Gasteiger partial charge is 0.464 e. The molecule has 1 aliphatic rings. The highest BCUT2D eigenvalue weighted by Gasteiger charge is 2.56. The number of nitrogens with one attached hydrogen (secondary N) is 1. The maximum absolute atomic E-state index is 16.2. The van der Waals surface area contributed by atoms with Crippen LogP contribution in [-0.2, 0) is 46.4 Å². The van der Waals surface area contributed by atoms with Crippen molar-refractivity contribution in [2.45, 2.75) is 83.2 Å². The molecule has 0 bridgehead atoms. The molecule has 0 unspecified atom stereocenters. The Morgan fingerprint density at radius 3 is 2.12 bits per heavy atom. The lowest BCUT2D eigenvalue weighted by molar-refractivity contribution is -0.293.